The molecule has 2 aliphatic rings. The van der Waals surface area contributed by atoms with E-state index in [0.717, 1.165) is 0 Å². The second-order valence-electron chi connectivity index (χ2n) is 4.11. The molecular weight excluding hydrogens is 338 g/mol. The minimum atomic E-state index is -2.04. The Kier molecular flexibility index (Phi) is 7.66. The molecule has 0 radical (unpaired) electrons. The van der Waals surface area contributed by atoms with Crippen LogP contribution < -0.4 is 80.0 Å². The normalized spacial score (nSPS) is 23.0. The Morgan fingerprint density at radius 1 is 0.826 bits per heavy atom. The smallest absolute Gasteiger partial charge is 0.547 e. The van der Waals surface area contributed by atoms with E-state index in [1.165, 1.54) is 0 Å². The number of aliphatic carboxylic acids is 2. The van der Waals surface area contributed by atoms with Gasteiger partial charge in [-0.25, -0.2) is 9.59 Å². The van der Waals surface area contributed by atoms with Crippen LogP contribution in [0.1, 0.15) is 0 Å². The van der Waals surface area contributed by atoms with Gasteiger partial charge >= 0.3 is 71.2 Å². The van der Waals surface area contributed by atoms with Gasteiger partial charge in [0.2, 0.25) is 0 Å². The van der Waals surface area contributed by atoms with Gasteiger partial charge in [0.05, 0.1) is 11.9 Å². The molecule has 2 aliphatic heterocycles. The molecule has 0 aromatic carbocycles. The molecule has 0 saturated carbocycles. The van der Waals surface area contributed by atoms with Gasteiger partial charge in [-0.3, -0.25) is 30.0 Å². The quantitative estimate of drug-likeness (QED) is 0.286. The number of carbonyl (C=O) groups excluding carboxylic acids is 6. The molecule has 0 aliphatic carbocycles. The first-order valence-corrected chi connectivity index (χ1v) is 5.38. The molecule has 0 aromatic heterocycles. The molecule has 2 unspecified atom stereocenters. The third-order valence-corrected chi connectivity index (χ3v) is 2.85. The molecule has 2 atom stereocenters. The van der Waals surface area contributed by atoms with E-state index in [1.807, 2.05) is 0 Å². The molecule has 2 saturated heterocycles. The number of carboxylic acids is 2. The van der Waals surface area contributed by atoms with Gasteiger partial charge < -0.3 is 19.8 Å². The number of carboxylic acid groups (broad SMARTS) is 2. The van der Waals surface area contributed by atoms with Gasteiger partial charge in [-0.1, -0.05) is 0 Å². The molecule has 0 bridgehead atoms. The van der Waals surface area contributed by atoms with E-state index in [0.29, 0.717) is 9.80 Å². The standard InChI is InChI=1S/C9H8N4O8.2Na/c14-4-2(6(16)17)12(8(20)10-4)1-13-3(7(18)19)5(15)11-9(13)21;;/h2-3H,1H2,(H,16,17)(H,18,19)(H,10,14,20)(H,11,15,21);;/q;2*+1/p-2. The van der Waals surface area contributed by atoms with Crippen molar-refractivity contribution in [3.63, 3.8) is 0 Å². The fourth-order valence-electron chi connectivity index (χ4n) is 1.93. The van der Waals surface area contributed by atoms with Gasteiger partial charge in [0, 0.05) is 0 Å². The predicted octanol–water partition coefficient (Wildman–Crippen LogP) is -11.7. The van der Waals surface area contributed by atoms with Crippen LogP contribution in [0.2, 0.25) is 0 Å². The number of hydrogen-bond acceptors (Lipinski definition) is 8. The summed E-state index contributed by atoms with van der Waals surface area (Å²) < 4.78 is 0. The Bertz CT molecular complexity index is 546. The molecule has 14 heteroatoms. The number of urea groups is 2. The molecule has 0 aromatic rings. The summed E-state index contributed by atoms with van der Waals surface area (Å²) in [5, 5.41) is 25.0. The van der Waals surface area contributed by atoms with Crippen LogP contribution in [0.4, 0.5) is 9.59 Å². The Hall–Kier alpha value is -1.18. The number of amides is 6. The molecule has 2 rings (SSSR count). The molecule has 0 spiro atoms. The van der Waals surface area contributed by atoms with Gasteiger partial charge in [-0.15, -0.1) is 0 Å². The predicted molar refractivity (Wildman–Crippen MR) is 53.2 cm³/mol. The minimum Gasteiger partial charge on any atom is -0.547 e. The molecule has 12 nitrogen and oxygen atoms in total. The van der Waals surface area contributed by atoms with E-state index in [1.54, 1.807) is 10.6 Å². The monoisotopic (exact) mass is 344 g/mol. The van der Waals surface area contributed by atoms with Crippen LogP contribution in [0.25, 0.3) is 0 Å². The van der Waals surface area contributed by atoms with Gasteiger partial charge in [0.15, 0.2) is 12.1 Å². The summed E-state index contributed by atoms with van der Waals surface area (Å²) in [5.41, 5.74) is 0. The Morgan fingerprint density at radius 2 is 1.13 bits per heavy atom. The van der Waals surface area contributed by atoms with Crippen LogP contribution in [0.3, 0.4) is 0 Å². The van der Waals surface area contributed by atoms with Crippen molar-refractivity contribution in [3.05, 3.63) is 0 Å². The summed E-state index contributed by atoms with van der Waals surface area (Å²) >= 11 is 0. The van der Waals surface area contributed by atoms with Gasteiger partial charge in [-0.2, -0.15) is 0 Å². The Balaban J connectivity index is 0.00000242. The van der Waals surface area contributed by atoms with Crippen molar-refractivity contribution < 1.29 is 98.1 Å². The summed E-state index contributed by atoms with van der Waals surface area (Å²) in [4.78, 5) is 67.8. The molecule has 2 heterocycles. The molecular formula is C9H6N4Na2O8. The van der Waals surface area contributed by atoms with Gasteiger partial charge in [0.1, 0.15) is 6.67 Å². The van der Waals surface area contributed by atoms with E-state index in [2.05, 4.69) is 0 Å². The molecule has 2 fully saturated rings. The van der Waals surface area contributed by atoms with E-state index >= 15 is 0 Å². The SMILES string of the molecule is O=C([O-])C1C(=O)NC(=O)N1CN1C(=O)NC(=O)C1C(=O)[O-].[Na+].[Na+]. The third kappa shape index (κ3) is 4.02. The molecule has 112 valence electrons. The van der Waals surface area contributed by atoms with Crippen molar-refractivity contribution in [3.8, 4) is 0 Å². The third-order valence-electron chi connectivity index (χ3n) is 2.85. The van der Waals surface area contributed by atoms with Crippen LogP contribution in [0.15, 0.2) is 0 Å². The summed E-state index contributed by atoms with van der Waals surface area (Å²) in [7, 11) is 0. The van der Waals surface area contributed by atoms with Crippen LogP contribution in [-0.4, -0.2) is 64.4 Å². The Labute approximate surface area is 172 Å². The summed E-state index contributed by atoms with van der Waals surface area (Å²) in [6.07, 6.45) is 0. The number of carbonyl (C=O) groups is 6. The fraction of sp³-hybridized carbons (Fsp3) is 0.333. The average Bonchev–Trinajstić information content (AvgIpc) is 2.77. The zero-order valence-corrected chi connectivity index (χ0v) is 16.0. The van der Waals surface area contributed by atoms with Crippen molar-refractivity contribution in [2.45, 2.75) is 12.1 Å². The van der Waals surface area contributed by atoms with Crippen LogP contribution in [-0.2, 0) is 19.2 Å². The summed E-state index contributed by atoms with van der Waals surface area (Å²) in [6.45, 7) is -0.924. The van der Waals surface area contributed by atoms with Crippen LogP contribution in [0.5, 0.6) is 0 Å². The molecule has 6 amide bonds. The Morgan fingerprint density at radius 3 is 1.39 bits per heavy atom. The van der Waals surface area contributed by atoms with E-state index in [-0.39, 0.29) is 59.1 Å². The fourth-order valence-corrected chi connectivity index (χ4v) is 1.93. The largest absolute Gasteiger partial charge is 1.00 e. The maximum absolute atomic E-state index is 11.4. The zero-order valence-electron chi connectivity index (χ0n) is 12.0. The number of nitrogens with one attached hydrogen (secondary N) is 2. The van der Waals surface area contributed by atoms with Crippen LogP contribution >= 0.6 is 0 Å². The topological polar surface area (TPSA) is 179 Å². The number of hydrogen-bond donors (Lipinski definition) is 2. The molecule has 23 heavy (non-hydrogen) atoms. The second kappa shape index (κ2) is 8.08. The van der Waals surface area contributed by atoms with Crippen molar-refractivity contribution >= 4 is 35.8 Å². The summed E-state index contributed by atoms with van der Waals surface area (Å²) in [5.74, 6) is -6.24. The first kappa shape index (κ1) is 21.8. The van der Waals surface area contributed by atoms with Crippen molar-refractivity contribution in [2.24, 2.45) is 0 Å². The minimum absolute atomic E-state index is 0. The molecule has 2 N–H and O–H groups in total. The maximum atomic E-state index is 11.4. The number of rotatable bonds is 4. The summed E-state index contributed by atoms with van der Waals surface area (Å²) in [6, 6.07) is -6.41. The average molecular weight is 344 g/mol. The number of nitrogens with zero attached hydrogens (tertiary/aromatic N) is 2. The van der Waals surface area contributed by atoms with Crippen molar-refractivity contribution in [1.29, 1.82) is 0 Å². The second-order valence-corrected chi connectivity index (χ2v) is 4.11. The zero-order chi connectivity index (χ0) is 15.9. The van der Waals surface area contributed by atoms with Crippen molar-refractivity contribution in [2.75, 3.05) is 6.67 Å². The van der Waals surface area contributed by atoms with E-state index < -0.39 is 54.6 Å². The van der Waals surface area contributed by atoms with Gasteiger partial charge in [0.25, 0.3) is 11.8 Å². The number of imide groups is 2. The van der Waals surface area contributed by atoms with E-state index in [4.69, 9.17) is 0 Å². The maximum Gasteiger partial charge on any atom is 1.00 e. The van der Waals surface area contributed by atoms with E-state index in [9.17, 15) is 39.0 Å². The van der Waals surface area contributed by atoms with Crippen LogP contribution in [0, 0.1) is 0 Å². The van der Waals surface area contributed by atoms with Gasteiger partial charge in [-0.05, 0) is 0 Å². The first-order chi connectivity index (χ1) is 9.73. The van der Waals surface area contributed by atoms with Crippen molar-refractivity contribution in [1.82, 2.24) is 20.4 Å². The first-order valence-electron chi connectivity index (χ1n) is 5.38.